The van der Waals surface area contributed by atoms with Gasteiger partial charge in [0.1, 0.15) is 11.4 Å². The Morgan fingerprint density at radius 1 is 0.838 bits per heavy atom. The van der Waals surface area contributed by atoms with Crippen LogP contribution in [0.15, 0.2) is 89.8 Å². The lowest BCUT2D eigenvalue weighted by Gasteiger charge is -2.30. The van der Waals surface area contributed by atoms with E-state index in [2.05, 4.69) is 10.0 Å². The molecule has 196 valence electrons. The van der Waals surface area contributed by atoms with E-state index in [1.807, 2.05) is 12.1 Å². The zero-order chi connectivity index (χ0) is 27.1. The molecule has 0 aliphatic heterocycles. The molecular weight excluding hydrogens is 496 g/mol. The van der Waals surface area contributed by atoms with Crippen LogP contribution in [-0.4, -0.2) is 37.8 Å². The Morgan fingerprint density at radius 3 is 1.84 bits per heavy atom. The molecule has 3 aromatic rings. The predicted molar refractivity (Wildman–Crippen MR) is 138 cm³/mol. The highest BCUT2D eigenvalue weighted by Crippen LogP contribution is 2.31. The molecule has 0 aliphatic carbocycles. The number of hydrogen-bond donors (Lipinski definition) is 3. The van der Waals surface area contributed by atoms with E-state index in [-0.39, 0.29) is 10.6 Å². The van der Waals surface area contributed by atoms with Gasteiger partial charge in [-0.15, -0.1) is 0 Å². The number of amides is 1. The Morgan fingerprint density at radius 2 is 1.35 bits per heavy atom. The number of ether oxygens (including phenoxy) is 2. The van der Waals surface area contributed by atoms with Gasteiger partial charge < -0.3 is 19.9 Å². The molecule has 3 rings (SSSR count). The Labute approximate surface area is 216 Å². The van der Waals surface area contributed by atoms with Crippen LogP contribution in [0.4, 0.5) is 4.79 Å². The topological polar surface area (TPSA) is 131 Å². The Balaban J connectivity index is 1.98. The van der Waals surface area contributed by atoms with E-state index in [9.17, 15) is 18.0 Å². The Bertz CT molecular complexity index is 1290. The quantitative estimate of drug-likeness (QED) is 0.356. The van der Waals surface area contributed by atoms with Crippen LogP contribution in [0, 0.1) is 0 Å². The number of rotatable bonds is 10. The van der Waals surface area contributed by atoms with Crippen LogP contribution in [0.5, 0.6) is 5.75 Å². The van der Waals surface area contributed by atoms with Crippen molar-refractivity contribution >= 4 is 22.1 Å². The van der Waals surface area contributed by atoms with Crippen molar-refractivity contribution < 1.29 is 32.6 Å². The number of carbonyl (C=O) groups excluding carboxylic acids is 1. The van der Waals surface area contributed by atoms with Gasteiger partial charge in [0.05, 0.1) is 17.0 Å². The van der Waals surface area contributed by atoms with Crippen molar-refractivity contribution in [2.75, 3.05) is 6.61 Å². The number of sulfonamides is 1. The van der Waals surface area contributed by atoms with Gasteiger partial charge >= 0.3 is 12.1 Å². The summed E-state index contributed by atoms with van der Waals surface area (Å²) in [6.07, 6.45) is -0.693. The maximum Gasteiger partial charge on any atom is 0.408 e. The Hall–Kier alpha value is -3.89. The fraction of sp³-hybridized carbons (Fsp3) is 0.259. The maximum absolute atomic E-state index is 13.5. The number of alkyl carbamates (subject to hydrolysis) is 1. The molecule has 0 aromatic heterocycles. The maximum atomic E-state index is 13.5. The first-order valence-corrected chi connectivity index (χ1v) is 13.0. The zero-order valence-electron chi connectivity index (χ0n) is 20.7. The largest absolute Gasteiger partial charge is 0.482 e. The third-order valence-corrected chi connectivity index (χ3v) is 6.56. The molecule has 0 aliphatic rings. The second kappa shape index (κ2) is 11.9. The standard InChI is InChI=1S/C27H30N2O7S/c1-27(2,3)36-26(32)28-24(19-10-6-4-7-11-19)25(20-12-8-5-9-13-20)29-37(33,34)22-16-14-21(15-17-22)35-18-23(30)31/h4-17,24-25,29H,18H2,1-3H3,(H,28,32)(H,30,31)/t24-,25-/m0/s1. The van der Waals surface area contributed by atoms with Gasteiger partial charge in [-0.25, -0.2) is 22.7 Å². The van der Waals surface area contributed by atoms with Crippen LogP contribution in [0.3, 0.4) is 0 Å². The van der Waals surface area contributed by atoms with Gasteiger partial charge in [0, 0.05) is 0 Å². The summed E-state index contributed by atoms with van der Waals surface area (Å²) in [7, 11) is -4.09. The molecule has 0 fully saturated rings. The van der Waals surface area contributed by atoms with Gasteiger partial charge in [-0.2, -0.15) is 0 Å². The van der Waals surface area contributed by atoms with Crippen molar-refractivity contribution in [2.24, 2.45) is 0 Å². The molecule has 0 saturated heterocycles. The monoisotopic (exact) mass is 526 g/mol. The normalized spacial score (nSPS) is 13.3. The molecule has 0 heterocycles. The molecule has 37 heavy (non-hydrogen) atoms. The van der Waals surface area contributed by atoms with E-state index >= 15 is 0 Å². The summed E-state index contributed by atoms with van der Waals surface area (Å²) in [6, 6.07) is 21.6. The molecule has 0 unspecified atom stereocenters. The average molecular weight is 527 g/mol. The molecule has 3 N–H and O–H groups in total. The molecule has 9 nitrogen and oxygen atoms in total. The number of carboxylic acids is 1. The third-order valence-electron chi connectivity index (χ3n) is 5.10. The van der Waals surface area contributed by atoms with E-state index in [4.69, 9.17) is 14.6 Å². The molecule has 0 spiro atoms. The van der Waals surface area contributed by atoms with Gasteiger partial charge in [-0.1, -0.05) is 60.7 Å². The van der Waals surface area contributed by atoms with Crippen molar-refractivity contribution in [1.82, 2.24) is 10.0 Å². The summed E-state index contributed by atoms with van der Waals surface area (Å²) in [5.41, 5.74) is 0.539. The van der Waals surface area contributed by atoms with Crippen LogP contribution in [0.2, 0.25) is 0 Å². The summed E-state index contributed by atoms with van der Waals surface area (Å²) < 4.78 is 40.2. The van der Waals surface area contributed by atoms with E-state index in [1.165, 1.54) is 24.3 Å². The van der Waals surface area contributed by atoms with Gasteiger partial charge in [-0.3, -0.25) is 0 Å². The number of benzene rings is 3. The fourth-order valence-electron chi connectivity index (χ4n) is 3.54. The lowest BCUT2D eigenvalue weighted by molar-refractivity contribution is -0.139. The van der Waals surface area contributed by atoms with Crippen molar-refractivity contribution in [1.29, 1.82) is 0 Å². The van der Waals surface area contributed by atoms with E-state index < -0.39 is 46.4 Å². The van der Waals surface area contributed by atoms with Gasteiger partial charge in [0.15, 0.2) is 6.61 Å². The van der Waals surface area contributed by atoms with E-state index in [0.717, 1.165) is 0 Å². The predicted octanol–water partition coefficient (Wildman–Crippen LogP) is 4.44. The fourth-order valence-corrected chi connectivity index (χ4v) is 4.78. The molecule has 3 aromatic carbocycles. The number of carboxylic acid groups (broad SMARTS) is 1. The van der Waals surface area contributed by atoms with Gasteiger partial charge in [0.25, 0.3) is 0 Å². The minimum absolute atomic E-state index is 0.0554. The summed E-state index contributed by atoms with van der Waals surface area (Å²) in [5.74, 6) is -0.928. The number of carbonyl (C=O) groups is 2. The molecular formula is C27H30N2O7S. The summed E-state index contributed by atoms with van der Waals surface area (Å²) in [4.78, 5) is 23.5. The number of aliphatic carboxylic acids is 1. The first-order chi connectivity index (χ1) is 17.4. The van der Waals surface area contributed by atoms with Crippen molar-refractivity contribution in [3.05, 3.63) is 96.1 Å². The first-order valence-electron chi connectivity index (χ1n) is 11.5. The highest BCUT2D eigenvalue weighted by Gasteiger charge is 2.32. The van der Waals surface area contributed by atoms with Gasteiger partial charge in [-0.05, 0) is 56.2 Å². The van der Waals surface area contributed by atoms with Crippen molar-refractivity contribution in [2.45, 2.75) is 43.4 Å². The van der Waals surface area contributed by atoms with Crippen LogP contribution in [0.25, 0.3) is 0 Å². The number of nitrogens with one attached hydrogen (secondary N) is 2. The molecule has 0 radical (unpaired) electrons. The highest BCUT2D eigenvalue weighted by molar-refractivity contribution is 7.89. The average Bonchev–Trinajstić information content (AvgIpc) is 2.85. The second-order valence-corrected chi connectivity index (χ2v) is 10.9. The van der Waals surface area contributed by atoms with E-state index in [1.54, 1.807) is 69.3 Å². The molecule has 1 amide bonds. The summed E-state index contributed by atoms with van der Waals surface area (Å²) >= 11 is 0. The summed E-state index contributed by atoms with van der Waals surface area (Å²) in [5, 5.41) is 11.6. The number of hydrogen-bond acceptors (Lipinski definition) is 6. The lowest BCUT2D eigenvalue weighted by Crippen LogP contribution is -2.42. The van der Waals surface area contributed by atoms with Crippen LogP contribution in [0.1, 0.15) is 44.0 Å². The Kier molecular flexibility index (Phi) is 8.90. The zero-order valence-corrected chi connectivity index (χ0v) is 21.6. The molecule has 2 atom stereocenters. The summed E-state index contributed by atoms with van der Waals surface area (Å²) in [6.45, 7) is 4.68. The smallest absolute Gasteiger partial charge is 0.408 e. The lowest BCUT2D eigenvalue weighted by atomic mass is 9.94. The van der Waals surface area contributed by atoms with Crippen LogP contribution < -0.4 is 14.8 Å². The first kappa shape index (κ1) is 27.7. The van der Waals surface area contributed by atoms with Crippen LogP contribution in [-0.2, 0) is 19.6 Å². The van der Waals surface area contributed by atoms with Gasteiger partial charge in [0.2, 0.25) is 10.0 Å². The van der Waals surface area contributed by atoms with E-state index in [0.29, 0.717) is 11.1 Å². The molecule has 10 heteroatoms. The van der Waals surface area contributed by atoms with Crippen molar-refractivity contribution in [3.8, 4) is 5.75 Å². The van der Waals surface area contributed by atoms with Crippen molar-refractivity contribution in [3.63, 3.8) is 0 Å². The molecule has 0 bridgehead atoms. The minimum atomic E-state index is -4.09. The highest BCUT2D eigenvalue weighted by atomic mass is 32.2. The third kappa shape index (κ3) is 8.33. The SMILES string of the molecule is CC(C)(C)OC(=O)N[C@@H](c1ccccc1)[C@@H](NS(=O)(=O)c1ccc(OCC(=O)O)cc1)c1ccccc1. The second-order valence-electron chi connectivity index (χ2n) is 9.20. The molecule has 0 saturated carbocycles. The van der Waals surface area contributed by atoms with Crippen LogP contribution >= 0.6 is 0 Å². The minimum Gasteiger partial charge on any atom is -0.482 e.